The van der Waals surface area contributed by atoms with Crippen LogP contribution in [0.5, 0.6) is 5.75 Å². The zero-order valence-corrected chi connectivity index (χ0v) is 23.3. The molecule has 11 heteroatoms. The van der Waals surface area contributed by atoms with Gasteiger partial charge >= 0.3 is 11.7 Å². The second kappa shape index (κ2) is 11.3. The topological polar surface area (TPSA) is 113 Å². The Morgan fingerprint density at radius 2 is 2.00 bits per heavy atom. The molecule has 0 bridgehead atoms. The van der Waals surface area contributed by atoms with Gasteiger partial charge in [0.15, 0.2) is 4.80 Å². The maximum Gasteiger partial charge on any atom is 0.338 e. The van der Waals surface area contributed by atoms with Crippen molar-refractivity contribution in [3.8, 4) is 5.75 Å². The highest BCUT2D eigenvalue weighted by Crippen LogP contribution is 2.37. The van der Waals surface area contributed by atoms with E-state index in [9.17, 15) is 19.7 Å². The number of nitro benzene ring substituents is 1. The van der Waals surface area contributed by atoms with Crippen LogP contribution >= 0.6 is 27.3 Å². The second-order valence-corrected chi connectivity index (χ2v) is 10.3. The molecular formula is C27H24BrN3O6S. The molecule has 1 aromatic heterocycles. The molecule has 4 rings (SSSR count). The van der Waals surface area contributed by atoms with Gasteiger partial charge < -0.3 is 9.47 Å². The Morgan fingerprint density at radius 3 is 2.63 bits per heavy atom. The first kappa shape index (κ1) is 27.2. The average molecular weight is 598 g/mol. The molecule has 38 heavy (non-hydrogen) atoms. The third-order valence-electron chi connectivity index (χ3n) is 5.80. The maximum atomic E-state index is 13.7. The van der Waals surface area contributed by atoms with Crippen LogP contribution in [0.1, 0.15) is 36.6 Å². The summed E-state index contributed by atoms with van der Waals surface area (Å²) < 4.78 is 12.9. The van der Waals surface area contributed by atoms with Crippen LogP contribution in [-0.4, -0.2) is 28.7 Å². The van der Waals surface area contributed by atoms with Crippen LogP contribution in [0.15, 0.2) is 74.6 Å². The Hall–Kier alpha value is -3.83. The van der Waals surface area contributed by atoms with E-state index in [1.165, 1.54) is 16.7 Å². The molecule has 2 aromatic carbocycles. The maximum absolute atomic E-state index is 13.7. The monoisotopic (exact) mass is 597 g/mol. The fraction of sp³-hybridized carbons (Fsp3) is 0.222. The normalized spacial score (nSPS) is 15.1. The van der Waals surface area contributed by atoms with Crippen LogP contribution in [0.3, 0.4) is 0 Å². The third kappa shape index (κ3) is 5.25. The summed E-state index contributed by atoms with van der Waals surface area (Å²) in [7, 11) is 0. The lowest BCUT2D eigenvalue weighted by Crippen LogP contribution is -2.39. The molecule has 0 aliphatic carbocycles. The summed E-state index contributed by atoms with van der Waals surface area (Å²) >= 11 is 4.48. The number of hydrogen-bond donors (Lipinski definition) is 0. The van der Waals surface area contributed by atoms with Gasteiger partial charge in [-0.1, -0.05) is 53.8 Å². The number of allylic oxidation sites excluding steroid dienone is 1. The second-order valence-electron chi connectivity index (χ2n) is 8.42. The number of carbonyl (C=O) groups excluding carboxylic acids is 1. The highest BCUT2D eigenvalue weighted by atomic mass is 79.9. The number of hydrogen-bond acceptors (Lipinski definition) is 8. The van der Waals surface area contributed by atoms with Gasteiger partial charge in [0.1, 0.15) is 6.61 Å². The number of nitro groups is 1. The third-order valence-corrected chi connectivity index (χ3v) is 7.37. The van der Waals surface area contributed by atoms with E-state index >= 15 is 0 Å². The Bertz CT molecular complexity index is 1650. The van der Waals surface area contributed by atoms with Gasteiger partial charge in [-0.3, -0.25) is 19.5 Å². The number of benzene rings is 2. The van der Waals surface area contributed by atoms with E-state index < -0.39 is 16.9 Å². The van der Waals surface area contributed by atoms with Gasteiger partial charge in [0.25, 0.3) is 5.56 Å². The number of halogens is 1. The van der Waals surface area contributed by atoms with Crippen molar-refractivity contribution in [3.63, 3.8) is 0 Å². The molecule has 0 N–H and O–H groups in total. The number of nitrogens with zero attached hydrogens (tertiary/aromatic N) is 3. The molecule has 0 unspecified atom stereocenters. The lowest BCUT2D eigenvalue weighted by Gasteiger charge is -2.24. The molecular weight excluding hydrogens is 574 g/mol. The summed E-state index contributed by atoms with van der Waals surface area (Å²) in [5.74, 6) is -0.467. The van der Waals surface area contributed by atoms with Gasteiger partial charge in [-0.05, 0) is 60.0 Å². The summed E-state index contributed by atoms with van der Waals surface area (Å²) in [5, 5.41) is 11.7. The first-order valence-corrected chi connectivity index (χ1v) is 13.2. The molecule has 0 spiro atoms. The predicted molar refractivity (Wildman–Crippen MR) is 148 cm³/mol. The van der Waals surface area contributed by atoms with Crippen LogP contribution in [0.4, 0.5) is 5.69 Å². The van der Waals surface area contributed by atoms with Crippen molar-refractivity contribution in [3.05, 3.63) is 111 Å². The Morgan fingerprint density at radius 1 is 1.29 bits per heavy atom. The smallest absolute Gasteiger partial charge is 0.338 e. The average Bonchev–Trinajstić information content (AvgIpc) is 3.17. The number of ether oxygens (including phenoxy) is 2. The molecule has 1 atom stereocenters. The largest absolute Gasteiger partial charge is 0.482 e. The Balaban J connectivity index is 1.92. The molecule has 9 nitrogen and oxygen atoms in total. The van der Waals surface area contributed by atoms with E-state index in [1.54, 1.807) is 26.0 Å². The summed E-state index contributed by atoms with van der Waals surface area (Å²) in [6.45, 7) is 9.23. The lowest BCUT2D eigenvalue weighted by molar-refractivity contribution is -0.385. The zero-order valence-electron chi connectivity index (χ0n) is 20.9. The SMILES string of the molecule is C=CCOc1c(Br)cc(/C=c2\sc3n(c2=O)[C@H](c2ccc(C)cc2)C(C(=O)OCC)=C(C)N=3)cc1[N+](=O)[O-]. The van der Waals surface area contributed by atoms with Crippen LogP contribution in [0.2, 0.25) is 0 Å². The van der Waals surface area contributed by atoms with Crippen molar-refractivity contribution >= 4 is 45.0 Å². The number of fused-ring (bicyclic) bond motifs is 1. The number of thiazole rings is 1. The fourth-order valence-electron chi connectivity index (χ4n) is 4.11. The van der Waals surface area contributed by atoms with Crippen LogP contribution in [0, 0.1) is 17.0 Å². The van der Waals surface area contributed by atoms with Gasteiger partial charge in [0.05, 0.1) is 37.8 Å². The number of carbonyl (C=O) groups is 1. The van der Waals surface area contributed by atoms with Crippen molar-refractivity contribution in [2.75, 3.05) is 13.2 Å². The lowest BCUT2D eigenvalue weighted by atomic mass is 9.95. The first-order chi connectivity index (χ1) is 18.2. The molecule has 0 saturated heterocycles. The summed E-state index contributed by atoms with van der Waals surface area (Å²) in [6.07, 6.45) is 3.05. The van der Waals surface area contributed by atoms with Crippen molar-refractivity contribution < 1.29 is 19.2 Å². The highest BCUT2D eigenvalue weighted by molar-refractivity contribution is 9.10. The number of aryl methyl sites for hydroxylation is 1. The van der Waals surface area contributed by atoms with Crippen molar-refractivity contribution in [2.45, 2.75) is 26.8 Å². The minimum atomic E-state index is -0.733. The van der Waals surface area contributed by atoms with Gasteiger partial charge in [-0.15, -0.1) is 0 Å². The number of rotatable bonds is 8. The zero-order chi connectivity index (χ0) is 27.6. The summed E-state index contributed by atoms with van der Waals surface area (Å²) in [6, 6.07) is 9.81. The summed E-state index contributed by atoms with van der Waals surface area (Å²) in [5.41, 5.74) is 2.32. The molecule has 0 amide bonds. The Kier molecular flexibility index (Phi) is 8.08. The van der Waals surface area contributed by atoms with Crippen molar-refractivity contribution in [1.82, 2.24) is 4.57 Å². The predicted octanol–water partition coefficient (Wildman–Crippen LogP) is 4.34. The molecule has 196 valence electrons. The van der Waals surface area contributed by atoms with E-state index in [4.69, 9.17) is 9.47 Å². The van der Waals surface area contributed by atoms with Gasteiger partial charge in [-0.25, -0.2) is 9.79 Å². The number of esters is 1. The highest BCUT2D eigenvalue weighted by Gasteiger charge is 2.33. The molecule has 0 saturated carbocycles. The quantitative estimate of drug-likeness (QED) is 0.165. The van der Waals surface area contributed by atoms with E-state index in [0.29, 0.717) is 25.1 Å². The van der Waals surface area contributed by atoms with Gasteiger partial charge in [0, 0.05) is 6.07 Å². The molecule has 2 heterocycles. The fourth-order valence-corrected chi connectivity index (χ4v) is 5.74. The van der Waals surface area contributed by atoms with Crippen LogP contribution in [0.25, 0.3) is 6.08 Å². The summed E-state index contributed by atoms with van der Waals surface area (Å²) in [4.78, 5) is 42.9. The Labute approximate surface area is 230 Å². The van der Waals surface area contributed by atoms with E-state index in [2.05, 4.69) is 27.5 Å². The first-order valence-electron chi connectivity index (χ1n) is 11.6. The van der Waals surface area contributed by atoms with E-state index in [1.807, 2.05) is 31.2 Å². The van der Waals surface area contributed by atoms with Gasteiger partial charge in [-0.2, -0.15) is 0 Å². The van der Waals surface area contributed by atoms with E-state index in [-0.39, 0.29) is 35.8 Å². The number of aromatic nitrogens is 1. The minimum absolute atomic E-state index is 0.0718. The van der Waals surface area contributed by atoms with Crippen molar-refractivity contribution in [1.29, 1.82) is 0 Å². The standard InChI is InChI=1S/C27H24BrN3O6S/c1-5-11-37-24-19(28)12-17(13-20(24)31(34)35)14-21-25(32)30-23(18-9-7-15(3)8-10-18)22(26(33)36-6-2)16(4)29-27(30)38-21/h5,7-10,12-14,23H,1,6,11H2,2-4H3/b21-14-/t23-/m1/s1. The minimum Gasteiger partial charge on any atom is -0.482 e. The van der Waals surface area contributed by atoms with Crippen molar-refractivity contribution in [2.24, 2.45) is 4.99 Å². The molecule has 1 aliphatic rings. The van der Waals surface area contributed by atoms with Gasteiger partial charge in [0.2, 0.25) is 5.75 Å². The van der Waals surface area contributed by atoms with E-state index in [0.717, 1.165) is 22.5 Å². The molecule has 0 radical (unpaired) electrons. The molecule has 1 aliphatic heterocycles. The molecule has 3 aromatic rings. The van der Waals surface area contributed by atoms with Crippen LogP contribution < -0.4 is 19.6 Å². The van der Waals surface area contributed by atoms with Crippen LogP contribution in [-0.2, 0) is 9.53 Å². The molecule has 0 fully saturated rings.